The van der Waals surface area contributed by atoms with Crippen LogP contribution in [0.15, 0.2) is 162 Å². The molecule has 0 saturated carbocycles. The molecule has 0 spiro atoms. The highest BCUT2D eigenvalue weighted by Gasteiger charge is 2.50. The largest absolute Gasteiger partial charge is 0.466 e. The van der Waals surface area contributed by atoms with E-state index < -0.39 is 0 Å². The minimum atomic E-state index is -0.263. The van der Waals surface area contributed by atoms with Crippen molar-refractivity contribution in [3.63, 3.8) is 0 Å². The first-order valence-electron chi connectivity index (χ1n) is 25.4. The van der Waals surface area contributed by atoms with E-state index >= 15 is 0 Å². The molecule has 0 saturated heterocycles. The van der Waals surface area contributed by atoms with E-state index in [9.17, 15) is 0 Å². The quantitative estimate of drug-likeness (QED) is 0.164. The molecule has 2 aliphatic carbocycles. The van der Waals surface area contributed by atoms with Crippen molar-refractivity contribution in [3.05, 3.63) is 186 Å². The third kappa shape index (κ3) is 6.26. The van der Waals surface area contributed by atoms with E-state index in [1.807, 2.05) is 0 Å². The molecule has 4 heteroatoms. The highest BCUT2D eigenvalue weighted by molar-refractivity contribution is 6.93. The zero-order valence-corrected chi connectivity index (χ0v) is 41.7. The first-order chi connectivity index (χ1) is 33.1. The number of rotatable bonds is 4. The average molecular weight is 897 g/mol. The zero-order valence-electron chi connectivity index (χ0n) is 41.7. The zero-order chi connectivity index (χ0) is 47.4. The Morgan fingerprint density at radius 3 is 1.67 bits per heavy atom. The molecule has 3 heterocycles. The lowest BCUT2D eigenvalue weighted by atomic mass is 9.45. The van der Waals surface area contributed by atoms with E-state index in [0.29, 0.717) is 0 Å². The molecule has 0 amide bonds. The second-order valence-corrected chi connectivity index (χ2v) is 23.5. The van der Waals surface area contributed by atoms with Crippen molar-refractivity contribution >= 4 is 68.1 Å². The van der Waals surface area contributed by atoms with Crippen molar-refractivity contribution in [2.24, 2.45) is 0 Å². The van der Waals surface area contributed by atoms with Gasteiger partial charge in [0.05, 0.1) is 5.69 Å². The van der Waals surface area contributed by atoms with Gasteiger partial charge in [-0.15, -0.1) is 0 Å². The maximum absolute atomic E-state index is 7.72. The van der Waals surface area contributed by atoms with Crippen LogP contribution in [0, 0.1) is 6.92 Å². The lowest BCUT2D eigenvalue weighted by Crippen LogP contribution is -2.61. The van der Waals surface area contributed by atoms with Gasteiger partial charge >= 0.3 is 6.85 Å². The van der Waals surface area contributed by atoms with Crippen LogP contribution in [0.2, 0.25) is 0 Å². The topological polar surface area (TPSA) is 19.6 Å². The van der Waals surface area contributed by atoms with E-state index in [4.69, 9.17) is 4.42 Å². The molecule has 0 N–H and O–H groups in total. The number of aryl methyl sites for hydroxylation is 1. The Hall–Kier alpha value is -6.78. The maximum Gasteiger partial charge on any atom is 0.375 e. The highest BCUT2D eigenvalue weighted by Crippen LogP contribution is 2.56. The average Bonchev–Trinajstić information content (AvgIpc) is 3.73. The molecule has 13 rings (SSSR count). The van der Waals surface area contributed by atoms with Crippen LogP contribution in [-0.2, 0) is 21.7 Å². The van der Waals surface area contributed by atoms with Crippen molar-refractivity contribution < 1.29 is 4.42 Å². The van der Waals surface area contributed by atoms with E-state index in [1.54, 1.807) is 0 Å². The maximum atomic E-state index is 7.72. The summed E-state index contributed by atoms with van der Waals surface area (Å²) in [6.07, 6.45) is 4.61. The number of benzene rings is 8. The summed E-state index contributed by atoms with van der Waals surface area (Å²) in [6.45, 7) is 21.7. The van der Waals surface area contributed by atoms with Gasteiger partial charge in [0.15, 0.2) is 0 Å². The van der Waals surface area contributed by atoms with Gasteiger partial charge in [-0.2, -0.15) is 0 Å². The van der Waals surface area contributed by atoms with Gasteiger partial charge in [-0.05, 0) is 175 Å². The number of furan rings is 1. The lowest BCUT2D eigenvalue weighted by Gasteiger charge is -2.46. The van der Waals surface area contributed by atoms with E-state index in [-0.39, 0.29) is 28.5 Å². The molecule has 3 nitrogen and oxygen atoms in total. The molecule has 69 heavy (non-hydrogen) atoms. The monoisotopic (exact) mass is 896 g/mol. The van der Waals surface area contributed by atoms with Crippen LogP contribution >= 0.6 is 0 Å². The van der Waals surface area contributed by atoms with Crippen molar-refractivity contribution in [2.75, 3.05) is 9.71 Å². The normalized spacial score (nSPS) is 17.8. The summed E-state index contributed by atoms with van der Waals surface area (Å²) in [7, 11) is 0. The Morgan fingerprint density at radius 1 is 0.464 bits per heavy atom. The predicted molar refractivity (Wildman–Crippen MR) is 294 cm³/mol. The Balaban J connectivity index is 1.19. The second-order valence-electron chi connectivity index (χ2n) is 23.5. The molecular weight excluding hydrogens is 836 g/mol. The number of hydrogen-bond donors (Lipinski definition) is 0. The van der Waals surface area contributed by atoms with Gasteiger partial charge in [-0.1, -0.05) is 165 Å². The third-order valence-electron chi connectivity index (χ3n) is 17.3. The van der Waals surface area contributed by atoms with Gasteiger partial charge in [0.25, 0.3) is 0 Å². The van der Waals surface area contributed by atoms with Crippen LogP contribution in [0.4, 0.5) is 28.4 Å². The Bertz CT molecular complexity index is 3580. The summed E-state index contributed by atoms with van der Waals surface area (Å²) in [5, 5.41) is 3.67. The summed E-state index contributed by atoms with van der Waals surface area (Å²) < 4.78 is 7.72. The molecule has 2 aliphatic heterocycles. The standard InChI is InChI=1S/C65H61BN2O/c1-40-34-50-52(64(6,7)32-30-62(50,2)3)38-55(40)67-56-36-45(42-20-14-11-15-21-42)35-49-58-47-23-17-16-22-44(47)26-29-54(58)68(46-27-24-43(25-28-46)41-18-12-10-13-19-41)66(59(49)56)61-60(67)48-37-51-53(39-57(48)69-61)65(8,9)33-31-63(51,4)5/h10-29,34-39H,30-33H2,1-9H3. The van der Waals surface area contributed by atoms with Gasteiger partial charge < -0.3 is 14.1 Å². The number of anilines is 5. The van der Waals surface area contributed by atoms with Crippen LogP contribution in [-0.4, -0.2) is 6.85 Å². The molecule has 1 aromatic heterocycles. The fourth-order valence-electron chi connectivity index (χ4n) is 13.0. The molecule has 340 valence electrons. The second kappa shape index (κ2) is 14.6. The Morgan fingerprint density at radius 2 is 1.01 bits per heavy atom. The molecule has 8 aromatic carbocycles. The van der Waals surface area contributed by atoms with Crippen molar-refractivity contribution in [3.8, 4) is 33.4 Å². The number of nitrogens with zero attached hydrogens (tertiary/aromatic N) is 2. The van der Waals surface area contributed by atoms with Crippen molar-refractivity contribution in [2.45, 2.75) is 110 Å². The Kier molecular flexibility index (Phi) is 8.97. The van der Waals surface area contributed by atoms with E-state index in [2.05, 4.69) is 230 Å². The molecule has 0 unspecified atom stereocenters. The SMILES string of the molecule is Cc1cc2c(cc1N1c3cc(-c4ccccc4)cc4c3B(c3oc5cc6c(cc5c31)C(C)(C)CCC6(C)C)N(c1ccc(-c3ccccc3)cc1)c1ccc3ccccc3c1-4)C(C)(C)CCC2(C)C. The molecule has 4 aliphatic rings. The molecule has 0 bridgehead atoms. The molecule has 9 aromatic rings. The Labute approximate surface area is 408 Å². The van der Waals surface area contributed by atoms with Gasteiger partial charge in [-0.25, -0.2) is 0 Å². The summed E-state index contributed by atoms with van der Waals surface area (Å²) >= 11 is 0. The van der Waals surface area contributed by atoms with Crippen molar-refractivity contribution in [1.29, 1.82) is 0 Å². The molecule has 0 radical (unpaired) electrons. The summed E-state index contributed by atoms with van der Waals surface area (Å²) in [6, 6.07) is 59.8. The van der Waals surface area contributed by atoms with Crippen molar-refractivity contribution in [1.82, 2.24) is 0 Å². The third-order valence-corrected chi connectivity index (χ3v) is 17.3. The minimum Gasteiger partial charge on any atom is -0.466 e. The number of hydrogen-bond acceptors (Lipinski definition) is 3. The van der Waals surface area contributed by atoms with Gasteiger partial charge in [-0.3, -0.25) is 0 Å². The van der Waals surface area contributed by atoms with Crippen LogP contribution < -0.4 is 20.8 Å². The van der Waals surface area contributed by atoms with Crippen LogP contribution in [0.3, 0.4) is 0 Å². The van der Waals surface area contributed by atoms with Gasteiger partial charge in [0.2, 0.25) is 0 Å². The molecule has 0 atom stereocenters. The van der Waals surface area contributed by atoms with Gasteiger partial charge in [0.1, 0.15) is 11.2 Å². The minimum absolute atomic E-state index is 0.0168. The first kappa shape index (κ1) is 42.3. The highest BCUT2D eigenvalue weighted by atomic mass is 16.3. The fraction of sp³-hybridized carbons (Fsp3) is 0.262. The molecule has 0 fully saturated rings. The van der Waals surface area contributed by atoms with Crippen LogP contribution in [0.25, 0.3) is 55.1 Å². The van der Waals surface area contributed by atoms with E-state index in [0.717, 1.165) is 41.9 Å². The van der Waals surface area contributed by atoms with E-state index in [1.165, 1.54) is 106 Å². The fourth-order valence-corrected chi connectivity index (χ4v) is 13.0. The van der Waals surface area contributed by atoms with Crippen LogP contribution in [0.5, 0.6) is 0 Å². The summed E-state index contributed by atoms with van der Waals surface area (Å²) in [4.78, 5) is 5.28. The summed E-state index contributed by atoms with van der Waals surface area (Å²) in [5.74, 6) is 0. The van der Waals surface area contributed by atoms with Crippen LogP contribution in [0.1, 0.15) is 109 Å². The molecular formula is C65H61BN2O. The van der Waals surface area contributed by atoms with Gasteiger partial charge in [0, 0.05) is 33.7 Å². The predicted octanol–water partition coefficient (Wildman–Crippen LogP) is 16.6. The lowest BCUT2D eigenvalue weighted by molar-refractivity contribution is 0.332. The first-order valence-corrected chi connectivity index (χ1v) is 25.4. The smallest absolute Gasteiger partial charge is 0.375 e. The number of fused-ring (bicyclic) bond motifs is 10. The summed E-state index contributed by atoms with van der Waals surface area (Å²) in [5.41, 5.74) is 23.7.